The summed E-state index contributed by atoms with van der Waals surface area (Å²) < 4.78 is 13.8. The van der Waals surface area contributed by atoms with Gasteiger partial charge in [0.15, 0.2) is 0 Å². The number of anilines is 1. The Balaban J connectivity index is 1.63. The van der Waals surface area contributed by atoms with Crippen LogP contribution in [0.4, 0.5) is 10.1 Å². The monoisotopic (exact) mass is 397 g/mol. The number of hydrogen-bond acceptors (Lipinski definition) is 2. The molecule has 4 rings (SSSR count). The molecule has 1 aliphatic rings. The zero-order chi connectivity index (χ0) is 19.7. The highest BCUT2D eigenvalue weighted by Gasteiger charge is 2.25. The van der Waals surface area contributed by atoms with Crippen molar-refractivity contribution >= 4 is 17.3 Å². The van der Waals surface area contributed by atoms with E-state index in [2.05, 4.69) is 40.0 Å². The van der Waals surface area contributed by atoms with Gasteiger partial charge < -0.3 is 9.88 Å². The molecule has 1 saturated heterocycles. The SMILES string of the molecule is Cc1cc(-c2ccc(CCl)cc2N2CCC(c3[nH]cnc3C)CC2)ccc1F. The number of hydrogen-bond donors (Lipinski definition) is 1. The van der Waals surface area contributed by atoms with Gasteiger partial charge in [0, 0.05) is 41.8 Å². The third kappa shape index (κ3) is 3.66. The van der Waals surface area contributed by atoms with Crippen LogP contribution in [0.25, 0.3) is 11.1 Å². The molecule has 1 N–H and O–H groups in total. The third-order valence-electron chi connectivity index (χ3n) is 5.80. The topological polar surface area (TPSA) is 31.9 Å². The molecular weight excluding hydrogens is 373 g/mol. The van der Waals surface area contributed by atoms with E-state index in [1.165, 1.54) is 11.4 Å². The Morgan fingerprint density at radius 1 is 1.14 bits per heavy atom. The number of aromatic nitrogens is 2. The zero-order valence-corrected chi connectivity index (χ0v) is 17.1. The first-order valence-electron chi connectivity index (χ1n) is 9.77. The Morgan fingerprint density at radius 3 is 2.57 bits per heavy atom. The molecule has 0 radical (unpaired) electrons. The lowest BCUT2D eigenvalue weighted by molar-refractivity contribution is 0.496. The van der Waals surface area contributed by atoms with Gasteiger partial charge in [0.25, 0.3) is 0 Å². The lowest BCUT2D eigenvalue weighted by Gasteiger charge is -2.35. The van der Waals surface area contributed by atoms with E-state index in [4.69, 9.17) is 11.6 Å². The van der Waals surface area contributed by atoms with Crippen molar-refractivity contribution in [1.29, 1.82) is 0 Å². The predicted octanol–water partition coefficient (Wildman–Crippen LogP) is 5.96. The van der Waals surface area contributed by atoms with Crippen LogP contribution in [-0.2, 0) is 5.88 Å². The molecular formula is C23H25ClFN3. The molecule has 3 nitrogen and oxygen atoms in total. The minimum absolute atomic E-state index is 0.168. The van der Waals surface area contributed by atoms with Crippen LogP contribution in [0.15, 0.2) is 42.7 Å². The van der Waals surface area contributed by atoms with Crippen molar-refractivity contribution < 1.29 is 4.39 Å². The van der Waals surface area contributed by atoms with Gasteiger partial charge in [0.05, 0.1) is 12.0 Å². The van der Waals surface area contributed by atoms with Crippen LogP contribution in [0, 0.1) is 19.7 Å². The molecule has 0 bridgehead atoms. The maximum absolute atomic E-state index is 13.8. The normalized spacial score (nSPS) is 15.2. The van der Waals surface area contributed by atoms with Crippen molar-refractivity contribution in [3.05, 3.63) is 71.1 Å². The molecule has 0 saturated carbocycles. The van der Waals surface area contributed by atoms with Crippen molar-refractivity contribution in [1.82, 2.24) is 9.97 Å². The molecule has 0 spiro atoms. The number of aryl methyl sites for hydroxylation is 2. The number of H-pyrrole nitrogens is 1. The predicted molar refractivity (Wildman–Crippen MR) is 114 cm³/mol. The number of rotatable bonds is 4. The molecule has 2 heterocycles. The molecule has 5 heteroatoms. The summed E-state index contributed by atoms with van der Waals surface area (Å²) in [5.74, 6) is 0.837. The molecule has 0 aliphatic carbocycles. The molecule has 1 fully saturated rings. The second-order valence-electron chi connectivity index (χ2n) is 7.61. The molecule has 28 heavy (non-hydrogen) atoms. The number of benzene rings is 2. The molecule has 0 amide bonds. The first kappa shape index (κ1) is 19.0. The van der Waals surface area contributed by atoms with Gasteiger partial charge in [-0.25, -0.2) is 9.37 Å². The average Bonchev–Trinajstić information content (AvgIpc) is 3.15. The lowest BCUT2D eigenvalue weighted by atomic mass is 9.91. The molecule has 0 unspecified atom stereocenters. The van der Waals surface area contributed by atoms with E-state index in [0.717, 1.165) is 48.3 Å². The summed E-state index contributed by atoms with van der Waals surface area (Å²) in [6.45, 7) is 5.82. The van der Waals surface area contributed by atoms with Gasteiger partial charge in [0.2, 0.25) is 0 Å². The van der Waals surface area contributed by atoms with Gasteiger partial charge in [-0.3, -0.25) is 0 Å². The van der Waals surface area contributed by atoms with E-state index < -0.39 is 0 Å². The Bertz CT molecular complexity index is 974. The van der Waals surface area contributed by atoms with E-state index >= 15 is 0 Å². The maximum atomic E-state index is 13.8. The van der Waals surface area contributed by atoms with Crippen molar-refractivity contribution in [3.63, 3.8) is 0 Å². The van der Waals surface area contributed by atoms with Crippen LogP contribution in [0.2, 0.25) is 0 Å². The summed E-state index contributed by atoms with van der Waals surface area (Å²) in [4.78, 5) is 10.1. The smallest absolute Gasteiger partial charge is 0.126 e. The van der Waals surface area contributed by atoms with Crippen LogP contribution in [0.3, 0.4) is 0 Å². The highest BCUT2D eigenvalue weighted by Crippen LogP contribution is 2.37. The fraction of sp³-hybridized carbons (Fsp3) is 0.348. The molecule has 3 aromatic rings. The number of nitrogens with one attached hydrogen (secondary N) is 1. The minimum atomic E-state index is -0.168. The minimum Gasteiger partial charge on any atom is -0.371 e. The van der Waals surface area contributed by atoms with Crippen LogP contribution in [0.5, 0.6) is 0 Å². The van der Waals surface area contributed by atoms with Crippen molar-refractivity contribution in [2.45, 2.75) is 38.5 Å². The quantitative estimate of drug-likeness (QED) is 0.551. The first-order valence-corrected chi connectivity index (χ1v) is 10.3. The van der Waals surface area contributed by atoms with Gasteiger partial charge in [-0.15, -0.1) is 11.6 Å². The van der Waals surface area contributed by atoms with E-state index in [0.29, 0.717) is 17.4 Å². The summed E-state index contributed by atoms with van der Waals surface area (Å²) in [7, 11) is 0. The Hall–Kier alpha value is -2.33. The van der Waals surface area contributed by atoms with Crippen molar-refractivity contribution in [3.8, 4) is 11.1 Å². The van der Waals surface area contributed by atoms with E-state index in [1.807, 2.05) is 19.1 Å². The maximum Gasteiger partial charge on any atom is 0.126 e. The van der Waals surface area contributed by atoms with Gasteiger partial charge in [-0.2, -0.15) is 0 Å². The first-order chi connectivity index (χ1) is 13.6. The summed E-state index contributed by atoms with van der Waals surface area (Å²) in [6, 6.07) is 11.7. The van der Waals surface area contributed by atoms with Crippen LogP contribution >= 0.6 is 11.6 Å². The highest BCUT2D eigenvalue weighted by molar-refractivity contribution is 6.17. The molecule has 0 atom stereocenters. The molecule has 146 valence electrons. The third-order valence-corrected chi connectivity index (χ3v) is 6.11. The number of alkyl halides is 1. The van der Waals surface area contributed by atoms with Crippen molar-refractivity contribution in [2.75, 3.05) is 18.0 Å². The second kappa shape index (κ2) is 7.96. The van der Waals surface area contributed by atoms with Crippen molar-refractivity contribution in [2.24, 2.45) is 0 Å². The number of aromatic amines is 1. The van der Waals surface area contributed by atoms with Gasteiger partial charge >= 0.3 is 0 Å². The van der Waals surface area contributed by atoms with Crippen LogP contribution in [0.1, 0.15) is 41.3 Å². The van der Waals surface area contributed by atoms with E-state index in [1.54, 1.807) is 12.4 Å². The molecule has 1 aromatic heterocycles. The Kier molecular flexibility index (Phi) is 5.40. The fourth-order valence-electron chi connectivity index (χ4n) is 4.17. The van der Waals surface area contributed by atoms with Crippen LogP contribution < -0.4 is 4.90 Å². The summed E-state index contributed by atoms with van der Waals surface area (Å²) in [5.41, 5.74) is 7.50. The second-order valence-corrected chi connectivity index (χ2v) is 7.88. The fourth-order valence-corrected chi connectivity index (χ4v) is 4.34. The van der Waals surface area contributed by atoms with Crippen LogP contribution in [-0.4, -0.2) is 23.1 Å². The number of halogens is 2. The molecule has 2 aromatic carbocycles. The summed E-state index contributed by atoms with van der Waals surface area (Å²) >= 11 is 6.11. The van der Waals surface area contributed by atoms with Gasteiger partial charge in [-0.1, -0.05) is 18.2 Å². The number of piperidine rings is 1. The standard InChI is InChI=1S/C23H25ClFN3/c1-15-11-19(4-6-21(15)25)20-5-3-17(13-24)12-22(20)28-9-7-18(8-10-28)23-16(2)26-14-27-23/h3-6,11-12,14,18H,7-10,13H2,1-2H3,(H,26,27). The average molecular weight is 398 g/mol. The Labute approximate surface area is 170 Å². The molecule has 1 aliphatic heterocycles. The number of nitrogens with zero attached hydrogens (tertiary/aromatic N) is 2. The van der Waals surface area contributed by atoms with E-state index in [-0.39, 0.29) is 5.82 Å². The largest absolute Gasteiger partial charge is 0.371 e. The van der Waals surface area contributed by atoms with Gasteiger partial charge in [0.1, 0.15) is 5.82 Å². The number of imidazole rings is 1. The summed E-state index contributed by atoms with van der Waals surface area (Å²) in [6.07, 6.45) is 3.95. The van der Waals surface area contributed by atoms with E-state index in [9.17, 15) is 4.39 Å². The van der Waals surface area contributed by atoms with Gasteiger partial charge in [-0.05, 0) is 61.6 Å². The lowest BCUT2D eigenvalue weighted by Crippen LogP contribution is -2.33. The highest BCUT2D eigenvalue weighted by atomic mass is 35.5. The summed E-state index contributed by atoms with van der Waals surface area (Å²) in [5, 5.41) is 0. The Morgan fingerprint density at radius 2 is 1.93 bits per heavy atom. The zero-order valence-electron chi connectivity index (χ0n) is 16.3.